The SMILES string of the molecule is CN1CCC(N(CCc2ccccc2)C(=O)c2ccc(-n3cnnn3)cc2)CC1. The van der Waals surface area contributed by atoms with Crippen molar-refractivity contribution >= 4 is 5.91 Å². The molecule has 150 valence electrons. The van der Waals surface area contributed by atoms with Gasteiger partial charge in [0.25, 0.3) is 5.91 Å². The van der Waals surface area contributed by atoms with Gasteiger partial charge >= 0.3 is 0 Å². The van der Waals surface area contributed by atoms with Gasteiger partial charge < -0.3 is 9.80 Å². The van der Waals surface area contributed by atoms with Gasteiger partial charge in [0, 0.05) is 18.2 Å². The molecule has 4 rings (SSSR count). The van der Waals surface area contributed by atoms with Crippen LogP contribution in [0.15, 0.2) is 60.9 Å². The van der Waals surface area contributed by atoms with Crippen LogP contribution in [-0.2, 0) is 6.42 Å². The summed E-state index contributed by atoms with van der Waals surface area (Å²) in [6, 6.07) is 18.1. The molecule has 1 aliphatic rings. The number of aromatic nitrogens is 4. The Bertz CT molecular complexity index is 902. The molecule has 0 radical (unpaired) electrons. The molecule has 0 aliphatic carbocycles. The summed E-state index contributed by atoms with van der Waals surface area (Å²) in [5.74, 6) is 0.0961. The molecule has 1 saturated heterocycles. The molecule has 0 atom stereocenters. The molecule has 1 amide bonds. The molecule has 1 aliphatic heterocycles. The molecule has 0 unspecified atom stereocenters. The second-order valence-corrected chi connectivity index (χ2v) is 7.57. The summed E-state index contributed by atoms with van der Waals surface area (Å²) in [4.78, 5) is 17.8. The molecule has 7 heteroatoms. The number of benzene rings is 2. The van der Waals surface area contributed by atoms with Gasteiger partial charge in [-0.2, -0.15) is 0 Å². The summed E-state index contributed by atoms with van der Waals surface area (Å²) in [6.45, 7) is 2.78. The fourth-order valence-corrected chi connectivity index (χ4v) is 3.85. The lowest BCUT2D eigenvalue weighted by Gasteiger charge is -2.37. The molecule has 29 heavy (non-hydrogen) atoms. The molecule has 1 aromatic heterocycles. The molecule has 0 N–H and O–H groups in total. The highest BCUT2D eigenvalue weighted by molar-refractivity contribution is 5.94. The van der Waals surface area contributed by atoms with E-state index in [0.717, 1.165) is 44.6 Å². The minimum Gasteiger partial charge on any atom is -0.335 e. The Balaban J connectivity index is 1.51. The number of carbonyl (C=O) groups is 1. The lowest BCUT2D eigenvalue weighted by atomic mass is 10.0. The van der Waals surface area contributed by atoms with Crippen molar-refractivity contribution in [3.05, 3.63) is 72.1 Å². The summed E-state index contributed by atoms with van der Waals surface area (Å²) in [5, 5.41) is 11.2. The summed E-state index contributed by atoms with van der Waals surface area (Å²) in [6.07, 6.45) is 4.43. The molecule has 2 heterocycles. The average Bonchev–Trinajstić information content (AvgIpc) is 3.31. The van der Waals surface area contributed by atoms with E-state index < -0.39 is 0 Å². The summed E-state index contributed by atoms with van der Waals surface area (Å²) < 4.78 is 1.58. The number of piperidine rings is 1. The van der Waals surface area contributed by atoms with E-state index in [1.54, 1.807) is 11.0 Å². The Kier molecular flexibility index (Phi) is 5.95. The van der Waals surface area contributed by atoms with Crippen molar-refractivity contribution in [2.24, 2.45) is 0 Å². The fraction of sp³-hybridized carbons (Fsp3) is 0.364. The molecule has 3 aromatic rings. The first kappa shape index (κ1) is 19.3. The number of hydrogen-bond donors (Lipinski definition) is 0. The van der Waals surface area contributed by atoms with Crippen LogP contribution >= 0.6 is 0 Å². The first-order valence-corrected chi connectivity index (χ1v) is 10.1. The van der Waals surface area contributed by atoms with E-state index in [2.05, 4.69) is 56.6 Å². The number of carbonyl (C=O) groups excluding carboxylic acids is 1. The molecular weight excluding hydrogens is 364 g/mol. The maximum absolute atomic E-state index is 13.4. The van der Waals surface area contributed by atoms with Crippen molar-refractivity contribution in [1.29, 1.82) is 0 Å². The summed E-state index contributed by atoms with van der Waals surface area (Å²) in [5.41, 5.74) is 2.79. The molecule has 1 fully saturated rings. The van der Waals surface area contributed by atoms with Crippen molar-refractivity contribution in [1.82, 2.24) is 30.0 Å². The fourth-order valence-electron chi connectivity index (χ4n) is 3.85. The van der Waals surface area contributed by atoms with Gasteiger partial charge in [0.15, 0.2) is 0 Å². The van der Waals surface area contributed by atoms with Crippen LogP contribution in [0.1, 0.15) is 28.8 Å². The number of tetrazole rings is 1. The maximum atomic E-state index is 13.4. The van der Waals surface area contributed by atoms with E-state index >= 15 is 0 Å². The first-order valence-electron chi connectivity index (χ1n) is 10.1. The number of rotatable bonds is 6. The quantitative estimate of drug-likeness (QED) is 0.647. The van der Waals surface area contributed by atoms with Gasteiger partial charge in [-0.3, -0.25) is 4.79 Å². The number of likely N-dealkylation sites (tertiary alicyclic amines) is 1. The zero-order chi connectivity index (χ0) is 20.1. The smallest absolute Gasteiger partial charge is 0.254 e. The maximum Gasteiger partial charge on any atom is 0.254 e. The van der Waals surface area contributed by atoms with E-state index in [4.69, 9.17) is 0 Å². The average molecular weight is 390 g/mol. The van der Waals surface area contributed by atoms with Gasteiger partial charge in [0.05, 0.1) is 5.69 Å². The van der Waals surface area contributed by atoms with Crippen LogP contribution in [0.3, 0.4) is 0 Å². The number of amides is 1. The van der Waals surface area contributed by atoms with Crippen molar-refractivity contribution in [3.8, 4) is 5.69 Å². The molecule has 2 aromatic carbocycles. The van der Waals surface area contributed by atoms with Crippen LogP contribution in [0.4, 0.5) is 0 Å². The van der Waals surface area contributed by atoms with Crippen LogP contribution in [0.25, 0.3) is 5.69 Å². The number of hydrogen-bond acceptors (Lipinski definition) is 5. The van der Waals surface area contributed by atoms with Gasteiger partial charge in [0.1, 0.15) is 6.33 Å². The predicted octanol–water partition coefficient (Wildman–Crippen LogP) is 2.44. The van der Waals surface area contributed by atoms with Gasteiger partial charge in [0.2, 0.25) is 0 Å². The first-order chi connectivity index (χ1) is 14.2. The second-order valence-electron chi connectivity index (χ2n) is 7.57. The summed E-state index contributed by atoms with van der Waals surface area (Å²) in [7, 11) is 2.14. The van der Waals surface area contributed by atoms with Crippen molar-refractivity contribution in [3.63, 3.8) is 0 Å². The van der Waals surface area contributed by atoms with E-state index in [-0.39, 0.29) is 11.9 Å². The predicted molar refractivity (Wildman–Crippen MR) is 111 cm³/mol. The van der Waals surface area contributed by atoms with Gasteiger partial charge in [-0.1, -0.05) is 30.3 Å². The zero-order valence-corrected chi connectivity index (χ0v) is 16.7. The monoisotopic (exact) mass is 390 g/mol. The van der Waals surface area contributed by atoms with E-state index in [1.807, 2.05) is 30.3 Å². The number of nitrogens with zero attached hydrogens (tertiary/aromatic N) is 6. The molecule has 0 bridgehead atoms. The Morgan fingerprint density at radius 1 is 1.07 bits per heavy atom. The van der Waals surface area contributed by atoms with Crippen molar-refractivity contribution < 1.29 is 4.79 Å². The third kappa shape index (κ3) is 4.68. The largest absolute Gasteiger partial charge is 0.335 e. The summed E-state index contributed by atoms with van der Waals surface area (Å²) >= 11 is 0. The lowest BCUT2D eigenvalue weighted by molar-refractivity contribution is 0.0594. The molecule has 0 saturated carbocycles. The molecule has 0 spiro atoms. The molecular formula is C22H26N6O. The van der Waals surface area contributed by atoms with Gasteiger partial charge in [-0.05, 0) is 79.7 Å². The minimum atomic E-state index is 0.0961. The second kappa shape index (κ2) is 8.96. The van der Waals surface area contributed by atoms with Gasteiger partial charge in [-0.25, -0.2) is 4.68 Å². The van der Waals surface area contributed by atoms with Crippen LogP contribution in [0.2, 0.25) is 0 Å². The Hall–Kier alpha value is -3.06. The van der Waals surface area contributed by atoms with Crippen LogP contribution in [0.5, 0.6) is 0 Å². The highest BCUT2D eigenvalue weighted by atomic mass is 16.2. The molecule has 7 nitrogen and oxygen atoms in total. The van der Waals surface area contributed by atoms with Gasteiger partial charge in [-0.15, -0.1) is 5.10 Å². The highest BCUT2D eigenvalue weighted by Gasteiger charge is 2.27. The highest BCUT2D eigenvalue weighted by Crippen LogP contribution is 2.20. The zero-order valence-electron chi connectivity index (χ0n) is 16.7. The third-order valence-corrected chi connectivity index (χ3v) is 5.60. The van der Waals surface area contributed by atoms with Crippen LogP contribution < -0.4 is 0 Å². The van der Waals surface area contributed by atoms with Crippen LogP contribution in [0, 0.1) is 0 Å². The lowest BCUT2D eigenvalue weighted by Crippen LogP contribution is -2.47. The Morgan fingerprint density at radius 3 is 2.45 bits per heavy atom. The van der Waals surface area contributed by atoms with Crippen LogP contribution in [-0.4, -0.2) is 68.6 Å². The Labute approximate surface area is 170 Å². The van der Waals surface area contributed by atoms with E-state index in [0.29, 0.717) is 5.56 Å². The van der Waals surface area contributed by atoms with E-state index in [1.165, 1.54) is 5.56 Å². The van der Waals surface area contributed by atoms with E-state index in [9.17, 15) is 4.79 Å². The Morgan fingerprint density at radius 2 is 1.79 bits per heavy atom. The third-order valence-electron chi connectivity index (χ3n) is 5.60. The standard InChI is InChI=1S/C22H26N6O/c1-26-14-12-20(13-15-26)27(16-11-18-5-3-2-4-6-18)22(29)19-7-9-21(10-8-19)28-17-23-24-25-28/h2-10,17,20H,11-16H2,1H3. The topological polar surface area (TPSA) is 67.2 Å². The van der Waals surface area contributed by atoms with Crippen molar-refractivity contribution in [2.45, 2.75) is 25.3 Å². The normalized spacial score (nSPS) is 15.3. The van der Waals surface area contributed by atoms with Crippen molar-refractivity contribution in [2.75, 3.05) is 26.7 Å². The minimum absolute atomic E-state index is 0.0961.